The van der Waals surface area contributed by atoms with Crippen LogP contribution in [0, 0.1) is 0 Å². The van der Waals surface area contributed by atoms with Crippen molar-refractivity contribution in [3.8, 4) is 0 Å². The van der Waals surface area contributed by atoms with Crippen LogP contribution in [-0.2, 0) is 4.79 Å². The van der Waals surface area contributed by atoms with Crippen molar-refractivity contribution < 1.29 is 9.90 Å². The summed E-state index contributed by atoms with van der Waals surface area (Å²) in [7, 11) is 0. The molecular formula is C14H19ClN2O2. The molecule has 0 aromatic heterocycles. The van der Waals surface area contributed by atoms with Gasteiger partial charge < -0.3 is 5.11 Å². The lowest BCUT2D eigenvalue weighted by Crippen LogP contribution is -2.48. The molecule has 2 rings (SSSR count). The van der Waals surface area contributed by atoms with Gasteiger partial charge in [-0.2, -0.15) is 0 Å². The Bertz CT molecular complexity index is 428. The van der Waals surface area contributed by atoms with Crippen molar-refractivity contribution in [3.63, 3.8) is 0 Å². The van der Waals surface area contributed by atoms with Gasteiger partial charge in [-0.1, -0.05) is 23.7 Å². The van der Waals surface area contributed by atoms with E-state index in [-0.39, 0.29) is 6.54 Å². The number of hydrogen-bond acceptors (Lipinski definition) is 3. The van der Waals surface area contributed by atoms with Gasteiger partial charge in [-0.15, -0.1) is 0 Å². The van der Waals surface area contributed by atoms with Crippen LogP contribution >= 0.6 is 11.6 Å². The molecule has 0 unspecified atom stereocenters. The minimum absolute atomic E-state index is 0.142. The first kappa shape index (κ1) is 14.3. The minimum Gasteiger partial charge on any atom is -0.480 e. The fraction of sp³-hybridized carbons (Fsp3) is 0.500. The second-order valence-corrected chi connectivity index (χ2v) is 5.37. The second-order valence-electron chi connectivity index (χ2n) is 4.93. The third-order valence-corrected chi connectivity index (χ3v) is 3.92. The van der Waals surface area contributed by atoms with Crippen LogP contribution in [0.15, 0.2) is 24.3 Å². The Morgan fingerprint density at radius 1 is 1.26 bits per heavy atom. The number of benzene rings is 1. The van der Waals surface area contributed by atoms with Gasteiger partial charge in [0.2, 0.25) is 0 Å². The van der Waals surface area contributed by atoms with E-state index in [4.69, 9.17) is 16.7 Å². The first-order chi connectivity index (χ1) is 9.06. The molecule has 1 aliphatic heterocycles. The Balaban J connectivity index is 1.90. The molecule has 4 nitrogen and oxygen atoms in total. The Kier molecular flexibility index (Phi) is 4.80. The van der Waals surface area contributed by atoms with Crippen molar-refractivity contribution in [1.82, 2.24) is 9.80 Å². The van der Waals surface area contributed by atoms with Gasteiger partial charge in [0.15, 0.2) is 0 Å². The molecule has 1 heterocycles. The molecule has 1 aromatic rings. The van der Waals surface area contributed by atoms with Crippen LogP contribution in [0.3, 0.4) is 0 Å². The summed E-state index contributed by atoms with van der Waals surface area (Å²) >= 11 is 5.89. The average Bonchev–Trinajstić information content (AvgIpc) is 2.39. The van der Waals surface area contributed by atoms with Crippen LogP contribution in [-0.4, -0.2) is 53.6 Å². The molecule has 0 bridgehead atoms. The number of rotatable bonds is 4. The summed E-state index contributed by atoms with van der Waals surface area (Å²) in [5, 5.41) is 9.53. The number of piperazine rings is 1. The third-order valence-electron chi connectivity index (χ3n) is 3.67. The molecule has 104 valence electrons. The largest absolute Gasteiger partial charge is 0.480 e. The summed E-state index contributed by atoms with van der Waals surface area (Å²) in [5.74, 6) is -0.751. The normalized spacial score (nSPS) is 19.3. The molecule has 19 heavy (non-hydrogen) atoms. The second kappa shape index (κ2) is 6.37. The summed E-state index contributed by atoms with van der Waals surface area (Å²) in [6.07, 6.45) is 0. The maximum atomic E-state index is 10.7. The molecule has 0 amide bonds. The molecule has 1 atom stereocenters. The highest BCUT2D eigenvalue weighted by Crippen LogP contribution is 2.22. The van der Waals surface area contributed by atoms with E-state index in [2.05, 4.69) is 24.0 Å². The smallest absolute Gasteiger partial charge is 0.317 e. The number of hydrogen-bond donors (Lipinski definition) is 1. The van der Waals surface area contributed by atoms with E-state index < -0.39 is 5.97 Å². The highest BCUT2D eigenvalue weighted by molar-refractivity contribution is 6.30. The Labute approximate surface area is 118 Å². The third kappa shape index (κ3) is 3.93. The predicted molar refractivity (Wildman–Crippen MR) is 75.5 cm³/mol. The lowest BCUT2D eigenvalue weighted by atomic mass is 10.1. The van der Waals surface area contributed by atoms with Crippen LogP contribution in [0.4, 0.5) is 0 Å². The van der Waals surface area contributed by atoms with Crippen molar-refractivity contribution in [2.24, 2.45) is 0 Å². The van der Waals surface area contributed by atoms with E-state index in [1.165, 1.54) is 5.56 Å². The van der Waals surface area contributed by atoms with Crippen molar-refractivity contribution in [3.05, 3.63) is 34.9 Å². The molecule has 1 saturated heterocycles. The van der Waals surface area contributed by atoms with Gasteiger partial charge in [-0.05, 0) is 24.6 Å². The van der Waals surface area contributed by atoms with E-state index >= 15 is 0 Å². The van der Waals surface area contributed by atoms with Gasteiger partial charge in [0.1, 0.15) is 0 Å². The zero-order valence-electron chi connectivity index (χ0n) is 11.1. The fourth-order valence-electron chi connectivity index (χ4n) is 2.45. The Morgan fingerprint density at radius 3 is 2.37 bits per heavy atom. The van der Waals surface area contributed by atoms with E-state index in [1.807, 2.05) is 17.0 Å². The lowest BCUT2D eigenvalue weighted by Gasteiger charge is -2.37. The van der Waals surface area contributed by atoms with Gasteiger partial charge >= 0.3 is 5.97 Å². The van der Waals surface area contributed by atoms with Gasteiger partial charge in [0.25, 0.3) is 0 Å². The van der Waals surface area contributed by atoms with Gasteiger partial charge in [-0.25, -0.2) is 0 Å². The summed E-state index contributed by atoms with van der Waals surface area (Å²) in [4.78, 5) is 15.0. The first-order valence-corrected chi connectivity index (χ1v) is 6.87. The number of carbonyl (C=O) groups is 1. The monoisotopic (exact) mass is 282 g/mol. The molecule has 5 heteroatoms. The number of nitrogens with zero attached hydrogens (tertiary/aromatic N) is 2. The highest BCUT2D eigenvalue weighted by atomic mass is 35.5. The SMILES string of the molecule is C[C@@H](c1ccc(Cl)cc1)N1CCN(CC(=O)O)CC1. The van der Waals surface area contributed by atoms with Gasteiger partial charge in [0, 0.05) is 37.2 Å². The topological polar surface area (TPSA) is 43.8 Å². The lowest BCUT2D eigenvalue weighted by molar-refractivity contribution is -0.138. The predicted octanol–water partition coefficient (Wildman–Crippen LogP) is 2.10. The van der Waals surface area contributed by atoms with E-state index in [0.29, 0.717) is 6.04 Å². The molecular weight excluding hydrogens is 264 g/mol. The average molecular weight is 283 g/mol. The molecule has 0 saturated carbocycles. The summed E-state index contributed by atoms with van der Waals surface area (Å²) in [6, 6.07) is 8.26. The quantitative estimate of drug-likeness (QED) is 0.919. The first-order valence-electron chi connectivity index (χ1n) is 6.50. The van der Waals surface area contributed by atoms with Crippen molar-refractivity contribution >= 4 is 17.6 Å². The Hall–Kier alpha value is -1.10. The molecule has 0 aliphatic carbocycles. The number of carboxylic acid groups (broad SMARTS) is 1. The molecule has 1 aromatic carbocycles. The standard InChI is InChI=1S/C14H19ClN2O2/c1-11(12-2-4-13(15)5-3-12)17-8-6-16(7-9-17)10-14(18)19/h2-5,11H,6-10H2,1H3,(H,18,19)/t11-/m0/s1. The van der Waals surface area contributed by atoms with Crippen LogP contribution in [0.1, 0.15) is 18.5 Å². The van der Waals surface area contributed by atoms with E-state index in [1.54, 1.807) is 0 Å². The summed E-state index contributed by atoms with van der Waals surface area (Å²) < 4.78 is 0. The van der Waals surface area contributed by atoms with Crippen molar-refractivity contribution in [1.29, 1.82) is 0 Å². The minimum atomic E-state index is -0.751. The van der Waals surface area contributed by atoms with Crippen molar-refractivity contribution in [2.75, 3.05) is 32.7 Å². The maximum absolute atomic E-state index is 10.7. The molecule has 0 spiro atoms. The number of carboxylic acids is 1. The van der Waals surface area contributed by atoms with E-state index in [0.717, 1.165) is 31.2 Å². The molecule has 1 aliphatic rings. The summed E-state index contributed by atoms with van der Waals surface area (Å²) in [5.41, 5.74) is 1.25. The van der Waals surface area contributed by atoms with Gasteiger partial charge in [-0.3, -0.25) is 14.6 Å². The van der Waals surface area contributed by atoms with Crippen LogP contribution < -0.4 is 0 Å². The Morgan fingerprint density at radius 2 is 1.84 bits per heavy atom. The van der Waals surface area contributed by atoms with Crippen LogP contribution in [0.2, 0.25) is 5.02 Å². The summed E-state index contributed by atoms with van der Waals surface area (Å²) in [6.45, 7) is 5.74. The van der Waals surface area contributed by atoms with Crippen molar-refractivity contribution in [2.45, 2.75) is 13.0 Å². The van der Waals surface area contributed by atoms with Crippen LogP contribution in [0.5, 0.6) is 0 Å². The number of halogens is 1. The molecule has 1 fully saturated rings. The van der Waals surface area contributed by atoms with Gasteiger partial charge in [0.05, 0.1) is 6.54 Å². The number of aliphatic carboxylic acids is 1. The van der Waals surface area contributed by atoms with E-state index in [9.17, 15) is 4.79 Å². The fourth-order valence-corrected chi connectivity index (χ4v) is 2.58. The van der Waals surface area contributed by atoms with Crippen LogP contribution in [0.25, 0.3) is 0 Å². The zero-order valence-corrected chi connectivity index (χ0v) is 11.8. The molecule has 1 N–H and O–H groups in total. The zero-order chi connectivity index (χ0) is 13.8. The highest BCUT2D eigenvalue weighted by Gasteiger charge is 2.22. The molecule has 0 radical (unpaired) electrons. The maximum Gasteiger partial charge on any atom is 0.317 e.